The van der Waals surface area contributed by atoms with E-state index in [2.05, 4.69) is 15.1 Å². The maximum Gasteiger partial charge on any atom is 0.243 e. The maximum atomic E-state index is 12.9. The Hall–Kier alpha value is -1.99. The number of piperidine rings is 1. The molecule has 0 spiro atoms. The van der Waals surface area contributed by atoms with Crippen LogP contribution in [0.4, 0.5) is 5.82 Å². The fourth-order valence-electron chi connectivity index (χ4n) is 3.16. The number of nitrogens with zero attached hydrogens (tertiary/aromatic N) is 4. The fraction of sp³-hybridized carbons (Fsp3) is 0.444. The van der Waals surface area contributed by atoms with Crippen LogP contribution < -0.4 is 4.90 Å². The first-order chi connectivity index (χ1) is 11.9. The van der Waals surface area contributed by atoms with Gasteiger partial charge in [0.1, 0.15) is 0 Å². The number of hydrogen-bond acceptors (Lipinski definition) is 5. The molecule has 134 valence electrons. The minimum atomic E-state index is -3.43. The van der Waals surface area contributed by atoms with Gasteiger partial charge >= 0.3 is 0 Å². The van der Waals surface area contributed by atoms with Crippen molar-refractivity contribution in [3.8, 4) is 0 Å². The van der Waals surface area contributed by atoms with Gasteiger partial charge in [-0.3, -0.25) is 0 Å². The third-order valence-electron chi connectivity index (χ3n) is 5.01. The van der Waals surface area contributed by atoms with E-state index in [4.69, 9.17) is 0 Å². The summed E-state index contributed by atoms with van der Waals surface area (Å²) in [5.41, 5.74) is 2.10. The van der Waals surface area contributed by atoms with E-state index in [0.29, 0.717) is 18.0 Å². The average Bonchev–Trinajstić information content (AvgIpc) is 2.64. The molecule has 1 saturated heterocycles. The van der Waals surface area contributed by atoms with Crippen molar-refractivity contribution in [3.05, 3.63) is 47.7 Å². The first-order valence-corrected chi connectivity index (χ1v) is 9.91. The summed E-state index contributed by atoms with van der Waals surface area (Å²) in [6.07, 6.45) is 3.20. The van der Waals surface area contributed by atoms with Crippen LogP contribution in [-0.2, 0) is 10.0 Å². The molecule has 0 unspecified atom stereocenters. The number of rotatable bonds is 4. The van der Waals surface area contributed by atoms with E-state index < -0.39 is 10.0 Å². The second-order valence-electron chi connectivity index (χ2n) is 6.57. The Bertz CT molecular complexity index is 831. The van der Waals surface area contributed by atoms with Gasteiger partial charge in [-0.15, -0.1) is 5.10 Å². The van der Waals surface area contributed by atoms with Crippen LogP contribution >= 0.6 is 0 Å². The van der Waals surface area contributed by atoms with Crippen LogP contribution in [0.5, 0.6) is 0 Å². The first-order valence-electron chi connectivity index (χ1n) is 8.47. The summed E-state index contributed by atoms with van der Waals surface area (Å²) in [7, 11) is -1.44. The lowest BCUT2D eigenvalue weighted by atomic mass is 10.1. The summed E-state index contributed by atoms with van der Waals surface area (Å²) < 4.78 is 27.4. The molecule has 25 heavy (non-hydrogen) atoms. The van der Waals surface area contributed by atoms with Crippen molar-refractivity contribution in [1.82, 2.24) is 14.5 Å². The highest BCUT2D eigenvalue weighted by atomic mass is 32.2. The lowest BCUT2D eigenvalue weighted by Crippen LogP contribution is -2.45. The van der Waals surface area contributed by atoms with E-state index in [-0.39, 0.29) is 6.04 Å². The van der Waals surface area contributed by atoms with E-state index in [1.165, 1.54) is 0 Å². The van der Waals surface area contributed by atoms with Gasteiger partial charge < -0.3 is 4.90 Å². The third kappa shape index (κ3) is 3.67. The lowest BCUT2D eigenvalue weighted by molar-refractivity contribution is 0.314. The van der Waals surface area contributed by atoms with Gasteiger partial charge in [-0.05, 0) is 62.1 Å². The number of aromatic nitrogens is 2. The Morgan fingerprint density at radius 2 is 1.84 bits per heavy atom. The third-order valence-corrected chi connectivity index (χ3v) is 6.90. The minimum absolute atomic E-state index is 0.267. The molecule has 6 nitrogen and oxygen atoms in total. The summed E-state index contributed by atoms with van der Waals surface area (Å²) in [4.78, 5) is 2.48. The molecule has 7 heteroatoms. The zero-order chi connectivity index (χ0) is 18.0. The minimum Gasteiger partial charge on any atom is -0.355 e. The van der Waals surface area contributed by atoms with Crippen molar-refractivity contribution >= 4 is 15.8 Å². The summed E-state index contributed by atoms with van der Waals surface area (Å²) in [6, 6.07) is 9.39. The second-order valence-corrected chi connectivity index (χ2v) is 8.51. The van der Waals surface area contributed by atoms with Crippen molar-refractivity contribution in [2.45, 2.75) is 37.6 Å². The van der Waals surface area contributed by atoms with Crippen molar-refractivity contribution in [2.75, 3.05) is 25.0 Å². The van der Waals surface area contributed by atoms with Crippen LogP contribution in [-0.4, -0.2) is 49.1 Å². The molecule has 0 saturated carbocycles. The van der Waals surface area contributed by atoms with Gasteiger partial charge in [0.15, 0.2) is 5.82 Å². The highest BCUT2D eigenvalue weighted by molar-refractivity contribution is 7.89. The molecule has 0 radical (unpaired) electrons. The van der Waals surface area contributed by atoms with Gasteiger partial charge in [0.05, 0.1) is 4.90 Å². The van der Waals surface area contributed by atoms with Gasteiger partial charge in [-0.1, -0.05) is 6.07 Å². The SMILES string of the molecule is Cc1ccc(S(=O)(=O)N2CCC(N(C)c3cccnn3)CC2)cc1C. The largest absolute Gasteiger partial charge is 0.355 e. The molecule has 1 aliphatic rings. The summed E-state index contributed by atoms with van der Waals surface area (Å²) in [5, 5.41) is 8.04. The van der Waals surface area contributed by atoms with E-state index in [0.717, 1.165) is 29.8 Å². The van der Waals surface area contributed by atoms with E-state index >= 15 is 0 Å². The number of anilines is 1. The topological polar surface area (TPSA) is 66.4 Å². The van der Waals surface area contributed by atoms with E-state index in [1.807, 2.05) is 39.1 Å². The molecule has 0 N–H and O–H groups in total. The number of sulfonamides is 1. The highest BCUT2D eigenvalue weighted by Gasteiger charge is 2.31. The molecule has 0 aliphatic carbocycles. The fourth-order valence-corrected chi connectivity index (χ4v) is 4.72. The Labute approximate surface area is 149 Å². The zero-order valence-electron chi connectivity index (χ0n) is 14.9. The quantitative estimate of drug-likeness (QED) is 0.837. The molecule has 1 aromatic carbocycles. The normalized spacial score (nSPS) is 16.8. The zero-order valence-corrected chi connectivity index (χ0v) is 15.7. The van der Waals surface area contributed by atoms with Crippen molar-refractivity contribution in [2.24, 2.45) is 0 Å². The van der Waals surface area contributed by atoms with Crippen molar-refractivity contribution in [1.29, 1.82) is 0 Å². The van der Waals surface area contributed by atoms with Crippen molar-refractivity contribution in [3.63, 3.8) is 0 Å². The Morgan fingerprint density at radius 1 is 1.12 bits per heavy atom. The van der Waals surface area contributed by atoms with Crippen LogP contribution in [0.2, 0.25) is 0 Å². The van der Waals surface area contributed by atoms with Crippen LogP contribution in [0.3, 0.4) is 0 Å². The summed E-state index contributed by atoms with van der Waals surface area (Å²) in [5.74, 6) is 0.818. The predicted octanol–water partition coefficient (Wildman–Crippen LogP) is 2.38. The molecule has 1 aliphatic heterocycles. The van der Waals surface area contributed by atoms with Crippen LogP contribution in [0.1, 0.15) is 24.0 Å². The number of benzene rings is 1. The predicted molar refractivity (Wildman–Crippen MR) is 98.1 cm³/mol. The summed E-state index contributed by atoms with van der Waals surface area (Å²) >= 11 is 0. The van der Waals surface area contributed by atoms with Crippen molar-refractivity contribution < 1.29 is 8.42 Å². The van der Waals surface area contributed by atoms with Crippen LogP contribution in [0.15, 0.2) is 41.4 Å². The Balaban J connectivity index is 1.70. The molecular weight excluding hydrogens is 336 g/mol. The summed E-state index contributed by atoms with van der Waals surface area (Å²) in [6.45, 7) is 4.96. The average molecular weight is 360 g/mol. The van der Waals surface area contributed by atoms with Gasteiger partial charge in [-0.2, -0.15) is 9.40 Å². The molecule has 0 atom stereocenters. The first kappa shape index (κ1) is 17.8. The molecule has 0 bridgehead atoms. The Morgan fingerprint density at radius 3 is 2.44 bits per heavy atom. The monoisotopic (exact) mass is 360 g/mol. The van der Waals surface area contributed by atoms with Gasteiger partial charge in [0, 0.05) is 32.4 Å². The number of aryl methyl sites for hydroxylation is 2. The molecule has 1 aromatic heterocycles. The van der Waals surface area contributed by atoms with Gasteiger partial charge in [0.25, 0.3) is 0 Å². The molecule has 1 fully saturated rings. The lowest BCUT2D eigenvalue weighted by Gasteiger charge is -2.36. The number of hydrogen-bond donors (Lipinski definition) is 0. The maximum absolute atomic E-state index is 12.9. The molecule has 2 heterocycles. The molecular formula is C18H24N4O2S. The van der Waals surface area contributed by atoms with Gasteiger partial charge in [0.2, 0.25) is 10.0 Å². The van der Waals surface area contributed by atoms with Crippen LogP contribution in [0.25, 0.3) is 0 Å². The van der Waals surface area contributed by atoms with E-state index in [9.17, 15) is 8.42 Å². The smallest absolute Gasteiger partial charge is 0.243 e. The second kappa shape index (κ2) is 7.09. The van der Waals surface area contributed by atoms with Gasteiger partial charge in [-0.25, -0.2) is 8.42 Å². The standard InChI is InChI=1S/C18H24N4O2S/c1-14-6-7-17(13-15(14)2)25(23,24)22-11-8-16(9-12-22)21(3)18-5-4-10-19-20-18/h4-7,10,13,16H,8-9,11-12H2,1-3H3. The molecule has 0 amide bonds. The highest BCUT2D eigenvalue weighted by Crippen LogP contribution is 2.25. The molecule has 2 aromatic rings. The molecule has 3 rings (SSSR count). The van der Waals surface area contributed by atoms with Crippen LogP contribution in [0, 0.1) is 13.8 Å². The van der Waals surface area contributed by atoms with E-state index in [1.54, 1.807) is 22.6 Å². The Kier molecular flexibility index (Phi) is 5.06.